The van der Waals surface area contributed by atoms with Gasteiger partial charge in [0.2, 0.25) is 0 Å². The van der Waals surface area contributed by atoms with Gasteiger partial charge in [0, 0.05) is 17.1 Å². The lowest BCUT2D eigenvalue weighted by atomic mass is 10.1. The van der Waals surface area contributed by atoms with Crippen molar-refractivity contribution in [1.82, 2.24) is 5.32 Å². The summed E-state index contributed by atoms with van der Waals surface area (Å²) in [6.07, 6.45) is 0. The van der Waals surface area contributed by atoms with Crippen LogP contribution in [0.2, 0.25) is 0 Å². The van der Waals surface area contributed by atoms with Gasteiger partial charge in [0.15, 0.2) is 0 Å². The Morgan fingerprint density at radius 2 is 1.80 bits per heavy atom. The molecular weight excluding hydrogens is 254 g/mol. The van der Waals surface area contributed by atoms with Crippen molar-refractivity contribution >= 4 is 32.6 Å². The molecule has 15 heavy (non-hydrogen) atoms. The molecule has 0 heterocycles. The van der Waals surface area contributed by atoms with Gasteiger partial charge in [-0.1, -0.05) is 28.1 Å². The molecule has 0 spiro atoms. The van der Waals surface area contributed by atoms with Gasteiger partial charge in [-0.15, -0.1) is 0 Å². The van der Waals surface area contributed by atoms with Gasteiger partial charge in [-0.2, -0.15) is 0 Å². The third-order valence-electron chi connectivity index (χ3n) is 2.29. The maximum Gasteiger partial charge on any atom is 0.251 e. The van der Waals surface area contributed by atoms with Crippen molar-refractivity contribution in [3.05, 3.63) is 46.4 Å². The molecule has 3 heteroatoms. The topological polar surface area (TPSA) is 29.1 Å². The number of carbonyl (C=O) groups excluding carboxylic acids is 1. The second kappa shape index (κ2) is 4.03. The van der Waals surface area contributed by atoms with Crippen LogP contribution in [0.1, 0.15) is 10.4 Å². The van der Waals surface area contributed by atoms with Gasteiger partial charge >= 0.3 is 0 Å². The van der Waals surface area contributed by atoms with Crippen LogP contribution in [0.5, 0.6) is 0 Å². The smallest absolute Gasteiger partial charge is 0.251 e. The Kier molecular flexibility index (Phi) is 2.73. The lowest BCUT2D eigenvalue weighted by Gasteiger charge is -2.02. The standard InChI is InChI=1S/C12H10BrNO/c1-14-12(15)10-3-2-9-7-11(13)5-4-8(9)6-10/h2-7H,1H3,(H,14,15). The summed E-state index contributed by atoms with van der Waals surface area (Å²) in [5, 5.41) is 4.80. The minimum absolute atomic E-state index is 0.0557. The van der Waals surface area contributed by atoms with E-state index in [1.54, 1.807) is 7.05 Å². The molecule has 0 saturated heterocycles. The molecule has 2 rings (SSSR count). The average Bonchev–Trinajstić information content (AvgIpc) is 2.27. The predicted molar refractivity (Wildman–Crippen MR) is 65.0 cm³/mol. The highest BCUT2D eigenvalue weighted by molar-refractivity contribution is 9.10. The van der Waals surface area contributed by atoms with E-state index >= 15 is 0 Å². The van der Waals surface area contributed by atoms with E-state index in [-0.39, 0.29) is 5.91 Å². The fourth-order valence-electron chi connectivity index (χ4n) is 1.50. The molecule has 0 aliphatic heterocycles. The molecule has 76 valence electrons. The Labute approximate surface area is 96.4 Å². The quantitative estimate of drug-likeness (QED) is 0.842. The maximum atomic E-state index is 11.4. The van der Waals surface area contributed by atoms with Gasteiger partial charge in [0.05, 0.1) is 0 Å². The van der Waals surface area contributed by atoms with E-state index in [4.69, 9.17) is 0 Å². The number of hydrogen-bond donors (Lipinski definition) is 1. The molecule has 0 aromatic heterocycles. The highest BCUT2D eigenvalue weighted by atomic mass is 79.9. The van der Waals surface area contributed by atoms with E-state index in [0.717, 1.165) is 15.2 Å². The zero-order valence-corrected chi connectivity index (χ0v) is 9.84. The fourth-order valence-corrected chi connectivity index (χ4v) is 1.88. The largest absolute Gasteiger partial charge is 0.355 e. The number of nitrogens with one attached hydrogen (secondary N) is 1. The number of carbonyl (C=O) groups is 1. The minimum atomic E-state index is -0.0557. The van der Waals surface area contributed by atoms with Crippen LogP contribution in [0.3, 0.4) is 0 Å². The van der Waals surface area contributed by atoms with Gasteiger partial charge in [-0.25, -0.2) is 0 Å². The summed E-state index contributed by atoms with van der Waals surface area (Å²) >= 11 is 3.41. The number of fused-ring (bicyclic) bond motifs is 1. The Morgan fingerprint density at radius 1 is 1.13 bits per heavy atom. The van der Waals surface area contributed by atoms with Crippen LogP contribution in [0.15, 0.2) is 40.9 Å². The third kappa shape index (κ3) is 2.02. The molecule has 0 saturated carbocycles. The second-order valence-corrected chi connectivity index (χ2v) is 4.20. The SMILES string of the molecule is CNC(=O)c1ccc2cc(Br)ccc2c1. The zero-order valence-electron chi connectivity index (χ0n) is 8.25. The number of amides is 1. The van der Waals surface area contributed by atoms with Crippen molar-refractivity contribution in [3.8, 4) is 0 Å². The fraction of sp³-hybridized carbons (Fsp3) is 0.0833. The minimum Gasteiger partial charge on any atom is -0.355 e. The molecule has 0 aliphatic rings. The Morgan fingerprint density at radius 3 is 2.53 bits per heavy atom. The number of halogens is 1. The molecule has 0 radical (unpaired) electrons. The lowest BCUT2D eigenvalue weighted by molar-refractivity contribution is 0.0963. The van der Waals surface area contributed by atoms with Crippen LogP contribution < -0.4 is 5.32 Å². The molecule has 1 N–H and O–H groups in total. The average molecular weight is 264 g/mol. The molecule has 0 atom stereocenters. The van der Waals surface area contributed by atoms with Crippen molar-refractivity contribution in [3.63, 3.8) is 0 Å². The molecule has 0 aliphatic carbocycles. The number of hydrogen-bond acceptors (Lipinski definition) is 1. The first-order valence-corrected chi connectivity index (χ1v) is 5.41. The van der Waals surface area contributed by atoms with Crippen molar-refractivity contribution in [2.45, 2.75) is 0 Å². The summed E-state index contributed by atoms with van der Waals surface area (Å²) in [5.41, 5.74) is 0.687. The van der Waals surface area contributed by atoms with Crippen LogP contribution in [0, 0.1) is 0 Å². The molecule has 1 amide bonds. The first kappa shape index (κ1) is 10.2. The predicted octanol–water partition coefficient (Wildman–Crippen LogP) is 2.96. The molecule has 2 nitrogen and oxygen atoms in total. The van der Waals surface area contributed by atoms with Gasteiger partial charge in [0.25, 0.3) is 5.91 Å². The second-order valence-electron chi connectivity index (χ2n) is 3.29. The van der Waals surface area contributed by atoms with E-state index < -0.39 is 0 Å². The monoisotopic (exact) mass is 263 g/mol. The van der Waals surface area contributed by atoms with Crippen LogP contribution in [-0.4, -0.2) is 13.0 Å². The molecule has 2 aromatic rings. The van der Waals surface area contributed by atoms with Crippen molar-refractivity contribution in [1.29, 1.82) is 0 Å². The Balaban J connectivity index is 2.57. The summed E-state index contributed by atoms with van der Waals surface area (Å²) in [6.45, 7) is 0. The molecule has 0 bridgehead atoms. The van der Waals surface area contributed by atoms with Crippen LogP contribution in [-0.2, 0) is 0 Å². The van der Waals surface area contributed by atoms with Gasteiger partial charge in [-0.3, -0.25) is 4.79 Å². The number of rotatable bonds is 1. The zero-order chi connectivity index (χ0) is 10.8. The maximum absolute atomic E-state index is 11.4. The van der Waals surface area contributed by atoms with Gasteiger partial charge in [0.1, 0.15) is 0 Å². The van der Waals surface area contributed by atoms with Crippen LogP contribution in [0.25, 0.3) is 10.8 Å². The van der Waals surface area contributed by atoms with E-state index in [0.29, 0.717) is 5.56 Å². The van der Waals surface area contributed by atoms with Crippen molar-refractivity contribution < 1.29 is 4.79 Å². The summed E-state index contributed by atoms with van der Waals surface area (Å²) in [7, 11) is 1.63. The van der Waals surface area contributed by atoms with Crippen LogP contribution in [0.4, 0.5) is 0 Å². The Hall–Kier alpha value is -1.35. The highest BCUT2D eigenvalue weighted by Gasteiger charge is 2.03. The molecule has 2 aromatic carbocycles. The molecule has 0 unspecified atom stereocenters. The highest BCUT2D eigenvalue weighted by Crippen LogP contribution is 2.20. The van der Waals surface area contributed by atoms with E-state index in [1.165, 1.54) is 0 Å². The van der Waals surface area contributed by atoms with Gasteiger partial charge < -0.3 is 5.32 Å². The first-order valence-electron chi connectivity index (χ1n) is 4.62. The number of benzene rings is 2. The Bertz CT molecular complexity index is 522. The van der Waals surface area contributed by atoms with E-state index in [2.05, 4.69) is 21.2 Å². The summed E-state index contributed by atoms with van der Waals surface area (Å²) in [4.78, 5) is 11.4. The van der Waals surface area contributed by atoms with Gasteiger partial charge in [-0.05, 0) is 35.0 Å². The summed E-state index contributed by atoms with van der Waals surface area (Å²) in [5.74, 6) is -0.0557. The summed E-state index contributed by atoms with van der Waals surface area (Å²) in [6, 6.07) is 11.7. The normalized spacial score (nSPS) is 10.3. The van der Waals surface area contributed by atoms with Crippen LogP contribution >= 0.6 is 15.9 Å². The molecular formula is C12H10BrNO. The molecule has 0 fully saturated rings. The van der Waals surface area contributed by atoms with E-state index in [9.17, 15) is 4.79 Å². The van der Waals surface area contributed by atoms with Crippen molar-refractivity contribution in [2.24, 2.45) is 0 Å². The van der Waals surface area contributed by atoms with E-state index in [1.807, 2.05) is 36.4 Å². The lowest BCUT2D eigenvalue weighted by Crippen LogP contribution is -2.17. The first-order chi connectivity index (χ1) is 7.20. The third-order valence-corrected chi connectivity index (χ3v) is 2.78. The summed E-state index contributed by atoms with van der Waals surface area (Å²) < 4.78 is 1.04. The van der Waals surface area contributed by atoms with Crippen molar-refractivity contribution in [2.75, 3.05) is 7.05 Å².